The van der Waals surface area contributed by atoms with Crippen molar-refractivity contribution in [3.05, 3.63) is 21.3 Å². The zero-order chi connectivity index (χ0) is 11.8. The second-order valence-corrected chi connectivity index (χ2v) is 6.00. The van der Waals surface area contributed by atoms with Gasteiger partial charge in [0.05, 0.1) is 15.4 Å². The second-order valence-electron chi connectivity index (χ2n) is 4.68. The molecule has 1 aliphatic heterocycles. The minimum Gasteiger partial charge on any atom is -0.291 e. The van der Waals surface area contributed by atoms with Crippen LogP contribution in [0.3, 0.4) is 0 Å². The highest BCUT2D eigenvalue weighted by Crippen LogP contribution is 2.30. The fourth-order valence-corrected chi connectivity index (χ4v) is 3.39. The first-order chi connectivity index (χ1) is 7.53. The zero-order valence-electron chi connectivity index (χ0n) is 9.62. The number of nitrogens with zero attached hydrogens (tertiary/aromatic N) is 1. The van der Waals surface area contributed by atoms with Gasteiger partial charge in [0.1, 0.15) is 0 Å². The van der Waals surface area contributed by atoms with Gasteiger partial charge in [0, 0.05) is 0 Å². The normalized spacial score (nSPS) is 17.9. The van der Waals surface area contributed by atoms with Crippen LogP contribution in [0.2, 0.25) is 5.02 Å². The van der Waals surface area contributed by atoms with E-state index in [-0.39, 0.29) is 5.78 Å². The van der Waals surface area contributed by atoms with Gasteiger partial charge in [-0.05, 0) is 51.2 Å². The highest BCUT2D eigenvalue weighted by molar-refractivity contribution is 7.12. The minimum atomic E-state index is -0.426. The summed E-state index contributed by atoms with van der Waals surface area (Å²) in [7, 11) is 0. The molecule has 2 rings (SSSR count). The molecule has 0 saturated carbocycles. The predicted octanol–water partition coefficient (Wildman–Crippen LogP) is 3.46. The standard InChI is InChI=1S/C12H16ClNOS/c1-12(2,14-6-3-4-7-14)11(15)10-9(13)5-8-16-10/h5,8H,3-4,6-7H2,1-2H3. The highest BCUT2D eigenvalue weighted by atomic mass is 35.5. The number of thiophene rings is 1. The molecular weight excluding hydrogens is 242 g/mol. The average Bonchev–Trinajstić information content (AvgIpc) is 2.86. The summed E-state index contributed by atoms with van der Waals surface area (Å²) >= 11 is 7.45. The monoisotopic (exact) mass is 257 g/mol. The third-order valence-corrected chi connectivity index (χ3v) is 4.62. The van der Waals surface area contributed by atoms with E-state index >= 15 is 0 Å². The Hall–Kier alpha value is -0.380. The summed E-state index contributed by atoms with van der Waals surface area (Å²) in [5.74, 6) is 0.148. The van der Waals surface area contributed by atoms with Gasteiger partial charge in [-0.3, -0.25) is 9.69 Å². The SMILES string of the molecule is CC(C)(C(=O)c1sccc1Cl)N1CCCC1. The molecule has 0 N–H and O–H groups in total. The molecule has 4 heteroatoms. The van der Waals surface area contributed by atoms with Crippen LogP contribution < -0.4 is 0 Å². The van der Waals surface area contributed by atoms with E-state index in [0.717, 1.165) is 13.1 Å². The quantitative estimate of drug-likeness (QED) is 0.773. The lowest BCUT2D eigenvalue weighted by atomic mass is 9.96. The Morgan fingerprint density at radius 1 is 1.44 bits per heavy atom. The van der Waals surface area contributed by atoms with Gasteiger partial charge >= 0.3 is 0 Å². The van der Waals surface area contributed by atoms with Gasteiger partial charge in [0.2, 0.25) is 0 Å². The molecule has 2 heterocycles. The molecule has 0 radical (unpaired) electrons. The van der Waals surface area contributed by atoms with E-state index in [9.17, 15) is 4.79 Å². The molecule has 0 aromatic carbocycles. The van der Waals surface area contributed by atoms with Crippen molar-refractivity contribution in [1.82, 2.24) is 4.90 Å². The lowest BCUT2D eigenvalue weighted by Crippen LogP contribution is -2.48. The number of halogens is 1. The smallest absolute Gasteiger partial charge is 0.193 e. The Morgan fingerprint density at radius 2 is 2.06 bits per heavy atom. The minimum absolute atomic E-state index is 0.148. The van der Waals surface area contributed by atoms with Crippen LogP contribution in [0.4, 0.5) is 0 Å². The third-order valence-electron chi connectivity index (χ3n) is 3.28. The maximum atomic E-state index is 12.4. The molecule has 0 aliphatic carbocycles. The second kappa shape index (κ2) is 4.47. The van der Waals surface area contributed by atoms with E-state index in [1.807, 2.05) is 19.2 Å². The molecular formula is C12H16ClNOS. The number of ketones is 1. The van der Waals surface area contributed by atoms with Gasteiger partial charge in [0.15, 0.2) is 5.78 Å². The van der Waals surface area contributed by atoms with Gasteiger partial charge in [-0.1, -0.05) is 11.6 Å². The number of carbonyl (C=O) groups excluding carboxylic acids is 1. The molecule has 2 nitrogen and oxygen atoms in total. The van der Waals surface area contributed by atoms with Crippen LogP contribution in [0.5, 0.6) is 0 Å². The van der Waals surface area contributed by atoms with Gasteiger partial charge in [-0.15, -0.1) is 11.3 Å². The van der Waals surface area contributed by atoms with Crippen molar-refractivity contribution < 1.29 is 4.79 Å². The molecule has 1 aromatic rings. The van der Waals surface area contributed by atoms with Crippen molar-refractivity contribution in [2.75, 3.05) is 13.1 Å². The Morgan fingerprint density at radius 3 is 2.56 bits per heavy atom. The van der Waals surface area contributed by atoms with Crippen LogP contribution in [-0.2, 0) is 0 Å². The number of carbonyl (C=O) groups is 1. The summed E-state index contributed by atoms with van der Waals surface area (Å²) in [6.07, 6.45) is 2.38. The maximum absolute atomic E-state index is 12.4. The third kappa shape index (κ3) is 2.04. The summed E-state index contributed by atoms with van der Waals surface area (Å²) in [6.45, 7) is 6.02. The number of Topliss-reactive ketones (excluding diaryl/α,β-unsaturated/α-hetero) is 1. The number of rotatable bonds is 3. The molecule has 1 fully saturated rings. The van der Waals surface area contributed by atoms with E-state index < -0.39 is 5.54 Å². The van der Waals surface area contributed by atoms with Crippen LogP contribution in [0.15, 0.2) is 11.4 Å². The Bertz CT molecular complexity index is 393. The number of likely N-dealkylation sites (tertiary alicyclic amines) is 1. The Kier molecular flexibility index (Phi) is 3.38. The summed E-state index contributed by atoms with van der Waals surface area (Å²) in [6, 6.07) is 1.79. The topological polar surface area (TPSA) is 20.3 Å². The van der Waals surface area contributed by atoms with Crippen molar-refractivity contribution >= 4 is 28.7 Å². The van der Waals surface area contributed by atoms with E-state index in [2.05, 4.69) is 4.90 Å². The maximum Gasteiger partial charge on any atom is 0.193 e. The molecule has 0 unspecified atom stereocenters. The van der Waals surface area contributed by atoms with Gasteiger partial charge < -0.3 is 0 Å². The Labute approximate surface area is 105 Å². The molecule has 1 aromatic heterocycles. The zero-order valence-corrected chi connectivity index (χ0v) is 11.2. The van der Waals surface area contributed by atoms with E-state index in [4.69, 9.17) is 11.6 Å². The van der Waals surface area contributed by atoms with Crippen LogP contribution >= 0.6 is 22.9 Å². The molecule has 0 atom stereocenters. The lowest BCUT2D eigenvalue weighted by molar-refractivity contribution is 0.0707. The summed E-state index contributed by atoms with van der Waals surface area (Å²) in [5.41, 5.74) is -0.426. The van der Waals surface area contributed by atoms with Crippen molar-refractivity contribution in [3.63, 3.8) is 0 Å². The number of hydrogen-bond acceptors (Lipinski definition) is 3. The summed E-state index contributed by atoms with van der Waals surface area (Å²) < 4.78 is 0. The van der Waals surface area contributed by atoms with E-state index in [1.54, 1.807) is 6.07 Å². The fraction of sp³-hybridized carbons (Fsp3) is 0.583. The number of hydrogen-bond donors (Lipinski definition) is 0. The molecule has 0 spiro atoms. The molecule has 0 amide bonds. The van der Waals surface area contributed by atoms with E-state index in [0.29, 0.717) is 9.90 Å². The van der Waals surface area contributed by atoms with Crippen molar-refractivity contribution in [2.24, 2.45) is 0 Å². The summed E-state index contributed by atoms with van der Waals surface area (Å²) in [4.78, 5) is 15.4. The molecule has 0 bridgehead atoms. The van der Waals surface area contributed by atoms with Crippen molar-refractivity contribution in [1.29, 1.82) is 0 Å². The van der Waals surface area contributed by atoms with Gasteiger partial charge in [0.25, 0.3) is 0 Å². The molecule has 16 heavy (non-hydrogen) atoms. The Balaban J connectivity index is 2.23. The predicted molar refractivity (Wildman–Crippen MR) is 68.5 cm³/mol. The molecule has 88 valence electrons. The van der Waals surface area contributed by atoms with Crippen LogP contribution in [-0.4, -0.2) is 29.3 Å². The van der Waals surface area contributed by atoms with Gasteiger partial charge in [-0.25, -0.2) is 0 Å². The van der Waals surface area contributed by atoms with Crippen molar-refractivity contribution in [3.8, 4) is 0 Å². The first-order valence-corrected chi connectivity index (χ1v) is 6.82. The largest absolute Gasteiger partial charge is 0.291 e. The summed E-state index contributed by atoms with van der Waals surface area (Å²) in [5, 5.41) is 2.46. The van der Waals surface area contributed by atoms with Gasteiger partial charge in [-0.2, -0.15) is 0 Å². The van der Waals surface area contributed by atoms with Crippen LogP contribution in [0, 0.1) is 0 Å². The first kappa shape index (κ1) is 12.1. The molecule has 1 aliphatic rings. The van der Waals surface area contributed by atoms with Crippen LogP contribution in [0.25, 0.3) is 0 Å². The van der Waals surface area contributed by atoms with Crippen LogP contribution in [0.1, 0.15) is 36.4 Å². The highest BCUT2D eigenvalue weighted by Gasteiger charge is 2.37. The molecule has 1 saturated heterocycles. The first-order valence-electron chi connectivity index (χ1n) is 5.56. The lowest BCUT2D eigenvalue weighted by Gasteiger charge is -2.33. The van der Waals surface area contributed by atoms with E-state index in [1.165, 1.54) is 24.2 Å². The average molecular weight is 258 g/mol. The fourth-order valence-electron chi connectivity index (χ4n) is 2.15. The van der Waals surface area contributed by atoms with Crippen molar-refractivity contribution in [2.45, 2.75) is 32.2 Å².